The SMILES string of the molecule is Nc1cccc2c1CCCN2C(=O)c1cn[nH]c1. The minimum atomic E-state index is -0.0321. The van der Waals surface area contributed by atoms with Gasteiger partial charge in [0.05, 0.1) is 11.8 Å². The average molecular weight is 242 g/mol. The van der Waals surface area contributed by atoms with Crippen molar-refractivity contribution < 1.29 is 4.79 Å². The molecule has 0 aliphatic carbocycles. The quantitative estimate of drug-likeness (QED) is 0.745. The zero-order valence-electron chi connectivity index (χ0n) is 9.89. The molecule has 0 bridgehead atoms. The van der Waals surface area contributed by atoms with E-state index >= 15 is 0 Å². The summed E-state index contributed by atoms with van der Waals surface area (Å²) in [5, 5.41) is 6.48. The van der Waals surface area contributed by atoms with Crippen molar-refractivity contribution in [3.8, 4) is 0 Å². The number of H-pyrrole nitrogens is 1. The van der Waals surface area contributed by atoms with Gasteiger partial charge >= 0.3 is 0 Å². The highest BCUT2D eigenvalue weighted by Crippen LogP contribution is 2.32. The van der Waals surface area contributed by atoms with Crippen LogP contribution in [-0.4, -0.2) is 22.6 Å². The number of benzene rings is 1. The minimum Gasteiger partial charge on any atom is -0.398 e. The molecule has 5 nitrogen and oxygen atoms in total. The first-order valence-electron chi connectivity index (χ1n) is 5.95. The van der Waals surface area contributed by atoms with Crippen molar-refractivity contribution in [1.82, 2.24) is 10.2 Å². The maximum atomic E-state index is 12.4. The Labute approximate surface area is 105 Å². The number of nitrogen functional groups attached to an aromatic ring is 1. The van der Waals surface area contributed by atoms with Gasteiger partial charge in [-0.25, -0.2) is 0 Å². The normalized spacial score (nSPS) is 14.3. The second-order valence-electron chi connectivity index (χ2n) is 4.39. The van der Waals surface area contributed by atoms with E-state index in [1.807, 2.05) is 18.2 Å². The number of aromatic amines is 1. The summed E-state index contributed by atoms with van der Waals surface area (Å²) in [4.78, 5) is 14.1. The van der Waals surface area contributed by atoms with E-state index < -0.39 is 0 Å². The summed E-state index contributed by atoms with van der Waals surface area (Å²) in [5.41, 5.74) is 9.30. The van der Waals surface area contributed by atoms with Gasteiger partial charge < -0.3 is 10.6 Å². The van der Waals surface area contributed by atoms with Crippen molar-refractivity contribution >= 4 is 17.3 Å². The van der Waals surface area contributed by atoms with Crippen LogP contribution in [0.3, 0.4) is 0 Å². The Morgan fingerprint density at radius 1 is 1.44 bits per heavy atom. The lowest BCUT2D eigenvalue weighted by molar-refractivity contribution is 0.0985. The Balaban J connectivity index is 2.02. The lowest BCUT2D eigenvalue weighted by atomic mass is 9.99. The molecule has 92 valence electrons. The number of anilines is 2. The van der Waals surface area contributed by atoms with Gasteiger partial charge in [0.2, 0.25) is 0 Å². The summed E-state index contributed by atoms with van der Waals surface area (Å²) in [6.07, 6.45) is 5.02. The summed E-state index contributed by atoms with van der Waals surface area (Å²) < 4.78 is 0. The van der Waals surface area contributed by atoms with Crippen LogP contribution in [0.2, 0.25) is 0 Å². The number of aromatic nitrogens is 2. The molecule has 1 amide bonds. The fourth-order valence-electron chi connectivity index (χ4n) is 2.39. The highest BCUT2D eigenvalue weighted by atomic mass is 16.2. The predicted octanol–water partition coefficient (Wildman–Crippen LogP) is 1.58. The van der Waals surface area contributed by atoms with Gasteiger partial charge in [-0.3, -0.25) is 9.89 Å². The van der Waals surface area contributed by atoms with Crippen LogP contribution in [0.4, 0.5) is 11.4 Å². The number of carbonyl (C=O) groups excluding carboxylic acids is 1. The van der Waals surface area contributed by atoms with Crippen molar-refractivity contribution in [2.24, 2.45) is 0 Å². The molecule has 18 heavy (non-hydrogen) atoms. The summed E-state index contributed by atoms with van der Waals surface area (Å²) in [6.45, 7) is 0.723. The Morgan fingerprint density at radius 3 is 3.11 bits per heavy atom. The van der Waals surface area contributed by atoms with Gasteiger partial charge in [-0.1, -0.05) is 6.07 Å². The second-order valence-corrected chi connectivity index (χ2v) is 4.39. The third kappa shape index (κ3) is 1.64. The minimum absolute atomic E-state index is 0.0321. The first kappa shape index (κ1) is 10.8. The van der Waals surface area contributed by atoms with Crippen LogP contribution in [0.5, 0.6) is 0 Å². The van der Waals surface area contributed by atoms with E-state index in [1.54, 1.807) is 17.3 Å². The zero-order valence-corrected chi connectivity index (χ0v) is 9.89. The molecule has 0 radical (unpaired) electrons. The molecule has 1 aliphatic heterocycles. The summed E-state index contributed by atoms with van der Waals surface area (Å²) >= 11 is 0. The first-order valence-corrected chi connectivity index (χ1v) is 5.95. The second kappa shape index (κ2) is 4.18. The molecule has 5 heteroatoms. The third-order valence-corrected chi connectivity index (χ3v) is 3.28. The summed E-state index contributed by atoms with van der Waals surface area (Å²) in [5.74, 6) is -0.0321. The van der Waals surface area contributed by atoms with E-state index in [1.165, 1.54) is 0 Å². The molecule has 0 unspecified atom stereocenters. The molecular weight excluding hydrogens is 228 g/mol. The van der Waals surface area contributed by atoms with Crippen LogP contribution in [0.1, 0.15) is 22.3 Å². The van der Waals surface area contributed by atoms with Crippen LogP contribution in [-0.2, 0) is 6.42 Å². The van der Waals surface area contributed by atoms with Crippen LogP contribution in [0, 0.1) is 0 Å². The van der Waals surface area contributed by atoms with E-state index in [9.17, 15) is 4.79 Å². The number of nitrogens with two attached hydrogens (primary N) is 1. The molecule has 3 rings (SSSR count). The van der Waals surface area contributed by atoms with Crippen LogP contribution < -0.4 is 10.6 Å². The van der Waals surface area contributed by atoms with Gasteiger partial charge in [-0.15, -0.1) is 0 Å². The van der Waals surface area contributed by atoms with Crippen LogP contribution in [0.25, 0.3) is 0 Å². The molecule has 3 N–H and O–H groups in total. The molecule has 1 aromatic carbocycles. The molecule has 2 aromatic rings. The zero-order chi connectivity index (χ0) is 12.5. The molecule has 0 saturated heterocycles. The smallest absolute Gasteiger partial charge is 0.261 e. The molecule has 2 heterocycles. The van der Waals surface area contributed by atoms with E-state index in [-0.39, 0.29) is 5.91 Å². The Kier molecular flexibility index (Phi) is 2.51. The van der Waals surface area contributed by atoms with Gasteiger partial charge in [0.1, 0.15) is 0 Å². The number of hydrogen-bond acceptors (Lipinski definition) is 3. The topological polar surface area (TPSA) is 75.0 Å². The molecule has 1 aromatic heterocycles. The molecular formula is C13H14N4O. The predicted molar refractivity (Wildman–Crippen MR) is 69.4 cm³/mol. The first-order chi connectivity index (χ1) is 8.77. The molecule has 0 fully saturated rings. The summed E-state index contributed by atoms with van der Waals surface area (Å²) in [6, 6.07) is 5.71. The fourth-order valence-corrected chi connectivity index (χ4v) is 2.39. The monoisotopic (exact) mass is 242 g/mol. The van der Waals surface area contributed by atoms with Crippen LogP contribution in [0.15, 0.2) is 30.6 Å². The molecule has 1 aliphatic rings. The highest BCUT2D eigenvalue weighted by molar-refractivity contribution is 6.06. The van der Waals surface area contributed by atoms with Gasteiger partial charge in [0.25, 0.3) is 5.91 Å². The number of nitrogens with one attached hydrogen (secondary N) is 1. The largest absolute Gasteiger partial charge is 0.398 e. The third-order valence-electron chi connectivity index (χ3n) is 3.28. The van der Waals surface area contributed by atoms with Crippen molar-refractivity contribution in [3.63, 3.8) is 0 Å². The number of fused-ring (bicyclic) bond motifs is 1. The van der Waals surface area contributed by atoms with Crippen molar-refractivity contribution in [2.75, 3.05) is 17.2 Å². The Bertz CT molecular complexity index is 577. The van der Waals surface area contributed by atoms with Crippen molar-refractivity contribution in [2.45, 2.75) is 12.8 Å². The number of hydrogen-bond donors (Lipinski definition) is 2. The van der Waals surface area contributed by atoms with E-state index in [4.69, 9.17) is 5.73 Å². The summed E-state index contributed by atoms with van der Waals surface area (Å²) in [7, 11) is 0. The van der Waals surface area contributed by atoms with E-state index in [0.29, 0.717) is 5.56 Å². The van der Waals surface area contributed by atoms with E-state index in [0.717, 1.165) is 36.3 Å². The number of nitrogens with zero attached hydrogens (tertiary/aromatic N) is 2. The lowest BCUT2D eigenvalue weighted by Gasteiger charge is -2.29. The van der Waals surface area contributed by atoms with Crippen molar-refractivity contribution in [1.29, 1.82) is 0 Å². The molecule has 0 spiro atoms. The average Bonchev–Trinajstić information content (AvgIpc) is 2.92. The standard InChI is InChI=1S/C13H14N4O/c14-11-4-1-5-12-10(11)3-2-6-17(12)13(18)9-7-15-16-8-9/h1,4-5,7-8H,2-3,6,14H2,(H,15,16). The maximum Gasteiger partial charge on any atom is 0.261 e. The molecule has 0 saturated carbocycles. The van der Waals surface area contributed by atoms with Crippen LogP contribution >= 0.6 is 0 Å². The van der Waals surface area contributed by atoms with Gasteiger partial charge in [0, 0.05) is 24.1 Å². The van der Waals surface area contributed by atoms with Gasteiger partial charge in [-0.05, 0) is 30.5 Å². The number of amides is 1. The van der Waals surface area contributed by atoms with Gasteiger partial charge in [0.15, 0.2) is 0 Å². The maximum absolute atomic E-state index is 12.4. The van der Waals surface area contributed by atoms with Crippen molar-refractivity contribution in [3.05, 3.63) is 41.7 Å². The van der Waals surface area contributed by atoms with Gasteiger partial charge in [-0.2, -0.15) is 5.10 Å². The number of rotatable bonds is 1. The van der Waals surface area contributed by atoms with E-state index in [2.05, 4.69) is 10.2 Å². The molecule has 0 atom stereocenters. The Hall–Kier alpha value is -2.30. The number of carbonyl (C=O) groups is 1. The lowest BCUT2D eigenvalue weighted by Crippen LogP contribution is -2.35. The Morgan fingerprint density at radius 2 is 2.33 bits per heavy atom. The highest BCUT2D eigenvalue weighted by Gasteiger charge is 2.24. The fraction of sp³-hybridized carbons (Fsp3) is 0.231.